The van der Waals surface area contributed by atoms with Crippen LogP contribution in [0, 0.1) is 6.92 Å². The number of amides is 1. The first-order valence-electron chi connectivity index (χ1n) is 9.32. The van der Waals surface area contributed by atoms with Gasteiger partial charge in [0.2, 0.25) is 5.95 Å². The molecule has 4 aromatic rings. The van der Waals surface area contributed by atoms with Crippen molar-refractivity contribution >= 4 is 28.3 Å². The van der Waals surface area contributed by atoms with Crippen LogP contribution in [0.3, 0.4) is 0 Å². The minimum absolute atomic E-state index is 0.129. The van der Waals surface area contributed by atoms with E-state index in [4.69, 9.17) is 5.73 Å². The second-order valence-corrected chi connectivity index (χ2v) is 6.75. The molecule has 2 aromatic heterocycles. The third kappa shape index (κ3) is 3.50. The predicted molar refractivity (Wildman–Crippen MR) is 115 cm³/mol. The van der Waals surface area contributed by atoms with E-state index < -0.39 is 0 Å². The number of carbonyl (C=O) groups is 1. The first kappa shape index (κ1) is 18.5. The number of aromatic nitrogens is 3. The average Bonchev–Trinajstić information content (AvgIpc) is 3.09. The maximum absolute atomic E-state index is 12.2. The maximum atomic E-state index is 12.2. The van der Waals surface area contributed by atoms with Crippen LogP contribution in [-0.4, -0.2) is 27.5 Å². The van der Waals surface area contributed by atoms with Gasteiger partial charge < -0.3 is 16.4 Å². The van der Waals surface area contributed by atoms with E-state index in [0.29, 0.717) is 29.6 Å². The van der Waals surface area contributed by atoms with Crippen molar-refractivity contribution in [3.8, 4) is 5.95 Å². The van der Waals surface area contributed by atoms with Gasteiger partial charge in [-0.2, -0.15) is 4.98 Å². The van der Waals surface area contributed by atoms with E-state index in [0.717, 1.165) is 22.2 Å². The Kier molecular flexibility index (Phi) is 4.87. The molecule has 146 valence electrons. The largest absolute Gasteiger partial charge is 0.394 e. The molecule has 0 spiro atoms. The fraction of sp³-hybridized carbons (Fsp3) is 0.136. The minimum Gasteiger partial charge on any atom is -0.394 e. The third-order valence-electron chi connectivity index (χ3n) is 4.81. The van der Waals surface area contributed by atoms with Crippen molar-refractivity contribution in [3.05, 3.63) is 77.6 Å². The van der Waals surface area contributed by atoms with Gasteiger partial charge in [0.1, 0.15) is 0 Å². The van der Waals surface area contributed by atoms with E-state index in [1.165, 1.54) is 0 Å². The van der Waals surface area contributed by atoms with Gasteiger partial charge in [0.15, 0.2) is 5.82 Å². The summed E-state index contributed by atoms with van der Waals surface area (Å²) >= 11 is 0. The number of nitrogens with zero attached hydrogens (tertiary/aromatic N) is 3. The Morgan fingerprint density at radius 1 is 1.14 bits per heavy atom. The number of nitrogens with two attached hydrogens (primary N) is 1. The Bertz CT molecular complexity index is 1180. The number of hydrogen-bond donors (Lipinski definition) is 3. The molecular weight excluding hydrogens is 364 g/mol. The van der Waals surface area contributed by atoms with Crippen LogP contribution in [0.2, 0.25) is 0 Å². The zero-order valence-electron chi connectivity index (χ0n) is 16.3. The number of hydrogen-bond acceptors (Lipinski definition) is 5. The van der Waals surface area contributed by atoms with Gasteiger partial charge in [-0.15, -0.1) is 0 Å². The van der Waals surface area contributed by atoms with Gasteiger partial charge in [-0.1, -0.05) is 36.4 Å². The highest BCUT2D eigenvalue weighted by Crippen LogP contribution is 2.27. The molecular formula is C22H22N6O. The molecule has 0 radical (unpaired) electrons. The van der Waals surface area contributed by atoms with Gasteiger partial charge in [0.05, 0.1) is 17.4 Å². The summed E-state index contributed by atoms with van der Waals surface area (Å²) in [6.07, 6.45) is 1.60. The van der Waals surface area contributed by atoms with Crippen LogP contribution in [0.15, 0.2) is 60.8 Å². The fourth-order valence-corrected chi connectivity index (χ4v) is 3.37. The highest BCUT2D eigenvalue weighted by molar-refractivity contribution is 6.07. The predicted octanol–water partition coefficient (Wildman–Crippen LogP) is 3.28. The van der Waals surface area contributed by atoms with Gasteiger partial charge in [-0.25, -0.2) is 4.98 Å². The van der Waals surface area contributed by atoms with E-state index in [-0.39, 0.29) is 5.91 Å². The SMILES string of the molecule is CNC(=O)c1cccc2c1cc(C)n2-c1ncc(N)c(NCc2ccccc2)n1. The Labute approximate surface area is 168 Å². The van der Waals surface area contributed by atoms with Crippen molar-refractivity contribution in [2.45, 2.75) is 13.5 Å². The first-order chi connectivity index (χ1) is 14.1. The molecule has 4 rings (SSSR count). The first-order valence-corrected chi connectivity index (χ1v) is 9.32. The van der Waals surface area contributed by atoms with E-state index in [9.17, 15) is 4.79 Å². The average molecular weight is 386 g/mol. The second-order valence-electron chi connectivity index (χ2n) is 6.75. The van der Waals surface area contributed by atoms with Gasteiger partial charge in [0.25, 0.3) is 5.91 Å². The molecule has 0 unspecified atom stereocenters. The highest BCUT2D eigenvalue weighted by Gasteiger charge is 2.16. The number of carbonyl (C=O) groups excluding carboxylic acids is 1. The van der Waals surface area contributed by atoms with Crippen LogP contribution < -0.4 is 16.4 Å². The summed E-state index contributed by atoms with van der Waals surface area (Å²) in [5.74, 6) is 0.940. The molecule has 0 bridgehead atoms. The molecule has 0 aliphatic carbocycles. The number of rotatable bonds is 5. The highest BCUT2D eigenvalue weighted by atomic mass is 16.1. The van der Waals surface area contributed by atoms with Crippen LogP contribution in [-0.2, 0) is 6.54 Å². The fourth-order valence-electron chi connectivity index (χ4n) is 3.37. The molecule has 0 saturated carbocycles. The summed E-state index contributed by atoms with van der Waals surface area (Å²) < 4.78 is 1.93. The van der Waals surface area contributed by atoms with Crippen molar-refractivity contribution in [3.63, 3.8) is 0 Å². The van der Waals surface area contributed by atoms with E-state index >= 15 is 0 Å². The summed E-state index contributed by atoms with van der Waals surface area (Å²) in [7, 11) is 1.62. The van der Waals surface area contributed by atoms with Gasteiger partial charge >= 0.3 is 0 Å². The quantitative estimate of drug-likeness (QED) is 0.489. The monoisotopic (exact) mass is 386 g/mol. The van der Waals surface area contributed by atoms with Crippen molar-refractivity contribution in [2.24, 2.45) is 0 Å². The number of anilines is 2. The number of benzene rings is 2. The van der Waals surface area contributed by atoms with Gasteiger partial charge in [0, 0.05) is 30.2 Å². The topological polar surface area (TPSA) is 97.9 Å². The molecule has 2 aromatic carbocycles. The zero-order chi connectivity index (χ0) is 20.4. The molecule has 0 aliphatic rings. The van der Waals surface area contributed by atoms with E-state index in [1.54, 1.807) is 13.2 Å². The number of fused-ring (bicyclic) bond motifs is 1. The molecule has 4 N–H and O–H groups in total. The van der Waals surface area contributed by atoms with Gasteiger partial charge in [-0.05, 0) is 30.7 Å². The lowest BCUT2D eigenvalue weighted by atomic mass is 10.1. The molecule has 0 saturated heterocycles. The van der Waals surface area contributed by atoms with Gasteiger partial charge in [-0.3, -0.25) is 9.36 Å². The normalized spacial score (nSPS) is 10.8. The Balaban J connectivity index is 1.74. The van der Waals surface area contributed by atoms with Crippen molar-refractivity contribution in [1.29, 1.82) is 0 Å². The zero-order valence-corrected chi connectivity index (χ0v) is 16.3. The van der Waals surface area contributed by atoms with Crippen LogP contribution in [0.5, 0.6) is 0 Å². The molecule has 0 fully saturated rings. The molecule has 1 amide bonds. The van der Waals surface area contributed by atoms with Crippen LogP contribution >= 0.6 is 0 Å². The third-order valence-corrected chi connectivity index (χ3v) is 4.81. The molecule has 7 nitrogen and oxygen atoms in total. The lowest BCUT2D eigenvalue weighted by Gasteiger charge is -2.12. The molecule has 0 aliphatic heterocycles. The summed E-state index contributed by atoms with van der Waals surface area (Å²) in [5, 5.41) is 6.82. The summed E-state index contributed by atoms with van der Waals surface area (Å²) in [4.78, 5) is 21.3. The lowest BCUT2D eigenvalue weighted by Crippen LogP contribution is -2.17. The Hall–Kier alpha value is -3.87. The summed E-state index contributed by atoms with van der Waals surface area (Å²) in [5.41, 5.74) is 10.1. The molecule has 0 atom stereocenters. The Morgan fingerprint density at radius 3 is 2.69 bits per heavy atom. The van der Waals surface area contributed by atoms with Crippen molar-refractivity contribution in [2.75, 3.05) is 18.1 Å². The van der Waals surface area contributed by atoms with Crippen LogP contribution in [0.1, 0.15) is 21.6 Å². The van der Waals surface area contributed by atoms with Crippen LogP contribution in [0.4, 0.5) is 11.5 Å². The van der Waals surface area contributed by atoms with E-state index in [2.05, 4.69) is 20.6 Å². The minimum atomic E-state index is -0.129. The standard InChI is InChI=1S/C22H22N6O/c1-14-11-17-16(21(29)24-2)9-6-10-19(17)28(14)22-26-13-18(23)20(27-22)25-12-15-7-4-3-5-8-15/h3-11,13H,12,23H2,1-2H3,(H,24,29)(H,25,26,27). The summed E-state index contributed by atoms with van der Waals surface area (Å²) in [6, 6.07) is 17.6. The van der Waals surface area contributed by atoms with Crippen molar-refractivity contribution in [1.82, 2.24) is 19.9 Å². The maximum Gasteiger partial charge on any atom is 0.251 e. The molecule has 7 heteroatoms. The number of aryl methyl sites for hydroxylation is 1. The second kappa shape index (κ2) is 7.63. The van der Waals surface area contributed by atoms with E-state index in [1.807, 2.05) is 66.1 Å². The number of nitrogen functional groups attached to an aromatic ring is 1. The Morgan fingerprint density at radius 2 is 1.93 bits per heavy atom. The smallest absolute Gasteiger partial charge is 0.251 e. The molecule has 29 heavy (non-hydrogen) atoms. The lowest BCUT2D eigenvalue weighted by molar-refractivity contribution is 0.0964. The van der Waals surface area contributed by atoms with Crippen molar-refractivity contribution < 1.29 is 4.79 Å². The number of nitrogens with one attached hydrogen (secondary N) is 2. The molecule has 2 heterocycles. The summed E-state index contributed by atoms with van der Waals surface area (Å²) in [6.45, 7) is 2.57. The van der Waals surface area contributed by atoms with Crippen LogP contribution in [0.25, 0.3) is 16.9 Å².